The largest absolute Gasteiger partial charge is 0.707 e. The number of ether oxygens (including phenoxy) is 2. The fraction of sp³-hybridized carbons (Fsp3) is 0.625. The van der Waals surface area contributed by atoms with Gasteiger partial charge in [-0.3, -0.25) is 0 Å². The highest BCUT2D eigenvalue weighted by atomic mass is 16.6. The van der Waals surface area contributed by atoms with Crippen molar-refractivity contribution < 1.29 is 24.2 Å². The first kappa shape index (κ1) is 18.7. The van der Waals surface area contributed by atoms with Gasteiger partial charge in [-0.25, -0.2) is 0 Å². The summed E-state index contributed by atoms with van der Waals surface area (Å²) in [5.41, 5.74) is 0. The third-order valence-corrected chi connectivity index (χ3v) is 3.17. The van der Waals surface area contributed by atoms with Gasteiger partial charge >= 0.3 is 7.32 Å². The maximum Gasteiger partial charge on any atom is 0.707 e. The predicted octanol–water partition coefficient (Wildman–Crippen LogP) is 3.17. The molecule has 1 rings (SSSR count). The summed E-state index contributed by atoms with van der Waals surface area (Å²) in [5.74, 6) is 1.57. The van der Waals surface area contributed by atoms with Crippen LogP contribution in [-0.4, -0.2) is 30.6 Å². The van der Waals surface area contributed by atoms with Gasteiger partial charge in [0.25, 0.3) is 0 Å². The summed E-state index contributed by atoms with van der Waals surface area (Å²) in [6, 6.07) is 4.99. The Morgan fingerprint density at radius 3 is 2.00 bits per heavy atom. The number of hydrogen-bond acceptors (Lipinski definition) is 5. The molecular formula is C16H27BO5. The van der Waals surface area contributed by atoms with Gasteiger partial charge in [-0.2, -0.15) is 0 Å². The van der Waals surface area contributed by atoms with Gasteiger partial charge in [0.2, 0.25) is 0 Å². The SMILES string of the molecule is CCCCCOc1ccc(OB(O)O)cc1OCCCCC. The second-order valence-electron chi connectivity index (χ2n) is 5.16. The average molecular weight is 310 g/mol. The van der Waals surface area contributed by atoms with Gasteiger partial charge in [0.1, 0.15) is 5.75 Å². The molecule has 0 saturated heterocycles. The second kappa shape index (κ2) is 11.2. The first-order valence-electron chi connectivity index (χ1n) is 8.09. The Kier molecular flexibility index (Phi) is 9.50. The molecule has 6 heteroatoms. The van der Waals surface area contributed by atoms with E-state index in [4.69, 9.17) is 24.2 Å². The first-order valence-corrected chi connectivity index (χ1v) is 8.09. The van der Waals surface area contributed by atoms with Crippen molar-refractivity contribution in [3.63, 3.8) is 0 Å². The summed E-state index contributed by atoms with van der Waals surface area (Å²) < 4.78 is 16.4. The van der Waals surface area contributed by atoms with Gasteiger partial charge in [0.05, 0.1) is 13.2 Å². The fourth-order valence-electron chi connectivity index (χ4n) is 1.98. The van der Waals surface area contributed by atoms with E-state index in [-0.39, 0.29) is 0 Å². The zero-order valence-corrected chi connectivity index (χ0v) is 13.6. The molecule has 0 amide bonds. The van der Waals surface area contributed by atoms with Gasteiger partial charge < -0.3 is 24.2 Å². The highest BCUT2D eigenvalue weighted by Gasteiger charge is 2.14. The van der Waals surface area contributed by atoms with E-state index in [9.17, 15) is 0 Å². The Labute approximate surface area is 133 Å². The average Bonchev–Trinajstić information content (AvgIpc) is 2.49. The summed E-state index contributed by atoms with van der Waals surface area (Å²) in [6.07, 6.45) is 6.48. The Morgan fingerprint density at radius 2 is 1.45 bits per heavy atom. The van der Waals surface area contributed by atoms with Crippen molar-refractivity contribution in [1.82, 2.24) is 0 Å². The van der Waals surface area contributed by atoms with Crippen LogP contribution in [0, 0.1) is 0 Å². The van der Waals surface area contributed by atoms with Crippen LogP contribution in [0.2, 0.25) is 0 Å². The number of rotatable bonds is 12. The molecule has 2 N–H and O–H groups in total. The van der Waals surface area contributed by atoms with Gasteiger partial charge in [-0.1, -0.05) is 39.5 Å². The molecule has 0 radical (unpaired) electrons. The van der Waals surface area contributed by atoms with Crippen molar-refractivity contribution in [2.75, 3.05) is 13.2 Å². The molecule has 0 saturated carbocycles. The lowest BCUT2D eigenvalue weighted by molar-refractivity contribution is 0.256. The molecule has 0 aliphatic rings. The minimum atomic E-state index is -1.84. The molecule has 0 unspecified atom stereocenters. The fourth-order valence-corrected chi connectivity index (χ4v) is 1.98. The van der Waals surface area contributed by atoms with Gasteiger partial charge in [-0.15, -0.1) is 0 Å². The normalized spacial score (nSPS) is 10.4. The molecule has 0 heterocycles. The van der Waals surface area contributed by atoms with Crippen LogP contribution in [0.15, 0.2) is 18.2 Å². The van der Waals surface area contributed by atoms with Crippen molar-refractivity contribution in [2.24, 2.45) is 0 Å². The molecule has 1 aromatic carbocycles. The molecule has 0 bridgehead atoms. The molecule has 0 aliphatic heterocycles. The van der Waals surface area contributed by atoms with Gasteiger partial charge in [0, 0.05) is 6.07 Å². The van der Waals surface area contributed by atoms with E-state index in [2.05, 4.69) is 13.8 Å². The van der Waals surface area contributed by atoms with Crippen molar-refractivity contribution >= 4 is 7.32 Å². The van der Waals surface area contributed by atoms with E-state index < -0.39 is 7.32 Å². The monoisotopic (exact) mass is 310 g/mol. The Bertz CT molecular complexity index is 412. The molecule has 0 aromatic heterocycles. The quantitative estimate of drug-likeness (QED) is 0.458. The molecule has 1 aromatic rings. The summed E-state index contributed by atoms with van der Waals surface area (Å²) in [5, 5.41) is 17.7. The summed E-state index contributed by atoms with van der Waals surface area (Å²) in [7, 11) is -1.84. The molecule has 0 spiro atoms. The van der Waals surface area contributed by atoms with Crippen LogP contribution >= 0.6 is 0 Å². The van der Waals surface area contributed by atoms with E-state index in [1.165, 1.54) is 0 Å². The maximum atomic E-state index is 8.87. The highest BCUT2D eigenvalue weighted by molar-refractivity contribution is 6.33. The third kappa shape index (κ3) is 7.57. The van der Waals surface area contributed by atoms with Crippen molar-refractivity contribution in [3.05, 3.63) is 18.2 Å². The molecule has 22 heavy (non-hydrogen) atoms. The first-order chi connectivity index (χ1) is 10.7. The zero-order valence-electron chi connectivity index (χ0n) is 13.6. The van der Waals surface area contributed by atoms with Crippen LogP contribution in [0.4, 0.5) is 0 Å². The topological polar surface area (TPSA) is 68.2 Å². The minimum Gasteiger partial charge on any atom is -0.512 e. The summed E-state index contributed by atoms with van der Waals surface area (Å²) >= 11 is 0. The van der Waals surface area contributed by atoms with Crippen LogP contribution in [-0.2, 0) is 0 Å². The molecule has 0 atom stereocenters. The van der Waals surface area contributed by atoms with Crippen LogP contribution in [0.5, 0.6) is 17.2 Å². The lowest BCUT2D eigenvalue weighted by Crippen LogP contribution is -2.20. The second-order valence-corrected chi connectivity index (χ2v) is 5.16. The Morgan fingerprint density at radius 1 is 0.864 bits per heavy atom. The standard InChI is InChI=1S/C16H27BO5/c1-3-5-7-11-20-15-10-9-14(22-17(18)19)13-16(15)21-12-8-6-4-2/h9-10,13,18-19H,3-8,11-12H2,1-2H3. The molecule has 0 fully saturated rings. The van der Waals surface area contributed by atoms with E-state index in [0.29, 0.717) is 30.5 Å². The molecule has 124 valence electrons. The predicted molar refractivity (Wildman–Crippen MR) is 87.3 cm³/mol. The van der Waals surface area contributed by atoms with Crippen molar-refractivity contribution in [2.45, 2.75) is 52.4 Å². The smallest absolute Gasteiger partial charge is 0.512 e. The summed E-state index contributed by atoms with van der Waals surface area (Å²) in [4.78, 5) is 0. The van der Waals surface area contributed by atoms with E-state index in [0.717, 1.165) is 38.5 Å². The van der Waals surface area contributed by atoms with Gasteiger partial charge in [-0.05, 0) is 25.0 Å². The Balaban J connectivity index is 2.65. The lowest BCUT2D eigenvalue weighted by Gasteiger charge is -2.14. The van der Waals surface area contributed by atoms with E-state index in [1.54, 1.807) is 18.2 Å². The molecular weight excluding hydrogens is 283 g/mol. The highest BCUT2D eigenvalue weighted by Crippen LogP contribution is 2.32. The minimum absolute atomic E-state index is 0.335. The zero-order chi connectivity index (χ0) is 16.2. The lowest BCUT2D eigenvalue weighted by atomic mass is 10.2. The number of hydrogen-bond donors (Lipinski definition) is 2. The summed E-state index contributed by atoms with van der Waals surface area (Å²) in [6.45, 7) is 5.53. The Hall–Kier alpha value is -1.40. The van der Waals surface area contributed by atoms with Gasteiger partial charge in [0.15, 0.2) is 11.5 Å². The maximum absolute atomic E-state index is 8.87. The van der Waals surface area contributed by atoms with Crippen LogP contribution in [0.3, 0.4) is 0 Å². The van der Waals surface area contributed by atoms with E-state index >= 15 is 0 Å². The number of unbranched alkanes of at least 4 members (excludes halogenated alkanes) is 4. The van der Waals surface area contributed by atoms with Crippen LogP contribution < -0.4 is 14.1 Å². The molecule has 5 nitrogen and oxygen atoms in total. The van der Waals surface area contributed by atoms with Crippen molar-refractivity contribution in [1.29, 1.82) is 0 Å². The van der Waals surface area contributed by atoms with Crippen LogP contribution in [0.1, 0.15) is 52.4 Å². The number of benzene rings is 1. The van der Waals surface area contributed by atoms with Crippen LogP contribution in [0.25, 0.3) is 0 Å². The third-order valence-electron chi connectivity index (χ3n) is 3.17. The molecule has 0 aliphatic carbocycles. The van der Waals surface area contributed by atoms with E-state index in [1.807, 2.05) is 0 Å². The van der Waals surface area contributed by atoms with Crippen molar-refractivity contribution in [3.8, 4) is 17.2 Å².